The Labute approximate surface area is 161 Å². The van der Waals surface area contributed by atoms with Crippen molar-refractivity contribution >= 4 is 23.6 Å². The highest BCUT2D eigenvalue weighted by Gasteiger charge is 2.18. The monoisotopic (exact) mass is 365 g/mol. The Kier molecular flexibility index (Phi) is 7.17. The Morgan fingerprint density at radius 2 is 1.52 bits per heavy atom. The summed E-state index contributed by atoms with van der Waals surface area (Å²) in [6, 6.07) is 16.7. The van der Waals surface area contributed by atoms with E-state index in [1.165, 1.54) is 0 Å². The van der Waals surface area contributed by atoms with Crippen molar-refractivity contribution in [3.8, 4) is 0 Å². The Bertz CT molecular complexity index is 792. The molecule has 5 heteroatoms. The minimum Gasteiger partial charge on any atom is -0.378 e. The fourth-order valence-corrected chi connectivity index (χ4v) is 2.65. The molecule has 0 saturated carbocycles. The van der Waals surface area contributed by atoms with Crippen molar-refractivity contribution in [2.24, 2.45) is 0 Å². The molecule has 0 aromatic heterocycles. The lowest BCUT2D eigenvalue weighted by Gasteiger charge is -2.21. The predicted octanol–water partition coefficient (Wildman–Crippen LogP) is 3.39. The van der Waals surface area contributed by atoms with Gasteiger partial charge in [0, 0.05) is 38.4 Å². The van der Waals surface area contributed by atoms with Gasteiger partial charge in [0.25, 0.3) is 11.8 Å². The lowest BCUT2D eigenvalue weighted by molar-refractivity contribution is -0.127. The Hall–Kier alpha value is -3.08. The highest BCUT2D eigenvalue weighted by Crippen LogP contribution is 2.15. The van der Waals surface area contributed by atoms with Gasteiger partial charge in [0.1, 0.15) is 5.70 Å². The first-order valence-corrected chi connectivity index (χ1v) is 9.11. The topological polar surface area (TPSA) is 52.7 Å². The number of benzene rings is 2. The summed E-state index contributed by atoms with van der Waals surface area (Å²) in [5.74, 6) is -0.492. The van der Waals surface area contributed by atoms with Gasteiger partial charge in [-0.3, -0.25) is 9.59 Å². The molecule has 0 heterocycles. The Morgan fingerprint density at radius 3 is 2.04 bits per heavy atom. The van der Waals surface area contributed by atoms with Crippen LogP contribution in [0.3, 0.4) is 0 Å². The molecule has 0 saturated heterocycles. The van der Waals surface area contributed by atoms with Crippen LogP contribution in [0.25, 0.3) is 6.08 Å². The highest BCUT2D eigenvalue weighted by atomic mass is 16.2. The van der Waals surface area contributed by atoms with Gasteiger partial charge >= 0.3 is 0 Å². The minimum atomic E-state index is -0.299. The van der Waals surface area contributed by atoms with Crippen LogP contribution >= 0.6 is 0 Å². The molecule has 0 aliphatic rings. The molecule has 0 atom stereocenters. The number of anilines is 1. The lowest BCUT2D eigenvalue weighted by atomic mass is 10.1. The van der Waals surface area contributed by atoms with Gasteiger partial charge < -0.3 is 15.1 Å². The molecule has 5 nitrogen and oxygen atoms in total. The summed E-state index contributed by atoms with van der Waals surface area (Å²) in [6.07, 6.45) is 1.72. The van der Waals surface area contributed by atoms with Gasteiger partial charge in [-0.2, -0.15) is 0 Å². The number of nitrogens with zero attached hydrogens (tertiary/aromatic N) is 2. The van der Waals surface area contributed by atoms with Crippen molar-refractivity contribution in [3.63, 3.8) is 0 Å². The van der Waals surface area contributed by atoms with Crippen LogP contribution in [0.1, 0.15) is 29.8 Å². The van der Waals surface area contributed by atoms with Crippen LogP contribution in [0.2, 0.25) is 0 Å². The summed E-state index contributed by atoms with van der Waals surface area (Å²) in [5.41, 5.74) is 2.70. The van der Waals surface area contributed by atoms with Crippen LogP contribution < -0.4 is 10.2 Å². The molecule has 142 valence electrons. The van der Waals surface area contributed by atoms with E-state index in [0.29, 0.717) is 18.7 Å². The number of likely N-dealkylation sites (N-methyl/N-ethyl adjacent to an activating group) is 1. The molecule has 0 spiro atoms. The van der Waals surface area contributed by atoms with E-state index < -0.39 is 0 Å². The largest absolute Gasteiger partial charge is 0.378 e. The normalized spacial score (nSPS) is 11.0. The third-order valence-corrected chi connectivity index (χ3v) is 4.29. The van der Waals surface area contributed by atoms with Crippen molar-refractivity contribution in [1.29, 1.82) is 0 Å². The molecule has 2 rings (SSSR count). The molecular weight excluding hydrogens is 338 g/mol. The quantitative estimate of drug-likeness (QED) is 0.765. The zero-order chi connectivity index (χ0) is 19.8. The van der Waals surface area contributed by atoms with Crippen molar-refractivity contribution in [1.82, 2.24) is 10.2 Å². The summed E-state index contributed by atoms with van der Waals surface area (Å²) < 4.78 is 0. The van der Waals surface area contributed by atoms with Crippen LogP contribution in [-0.4, -0.2) is 43.9 Å². The minimum absolute atomic E-state index is 0.194. The van der Waals surface area contributed by atoms with Gasteiger partial charge in [0.2, 0.25) is 0 Å². The van der Waals surface area contributed by atoms with Gasteiger partial charge in [-0.05, 0) is 49.8 Å². The zero-order valence-corrected chi connectivity index (χ0v) is 16.4. The van der Waals surface area contributed by atoms with E-state index in [1.807, 2.05) is 63.2 Å². The second kappa shape index (κ2) is 9.57. The number of carbonyl (C=O) groups is 2. The molecule has 1 N–H and O–H groups in total. The number of rotatable bonds is 7. The summed E-state index contributed by atoms with van der Waals surface area (Å²) in [7, 11) is 3.94. The smallest absolute Gasteiger partial charge is 0.270 e. The van der Waals surface area contributed by atoms with Crippen LogP contribution in [0, 0.1) is 0 Å². The second-order valence-electron chi connectivity index (χ2n) is 6.34. The van der Waals surface area contributed by atoms with Crippen molar-refractivity contribution < 1.29 is 9.59 Å². The first-order chi connectivity index (χ1) is 13.0. The number of nitrogens with one attached hydrogen (secondary N) is 1. The van der Waals surface area contributed by atoms with E-state index in [2.05, 4.69) is 5.32 Å². The maximum Gasteiger partial charge on any atom is 0.270 e. The number of hydrogen-bond donors (Lipinski definition) is 1. The van der Waals surface area contributed by atoms with Crippen LogP contribution in [0.5, 0.6) is 0 Å². The van der Waals surface area contributed by atoms with Crippen molar-refractivity contribution in [2.45, 2.75) is 13.8 Å². The van der Waals surface area contributed by atoms with E-state index in [1.54, 1.807) is 35.2 Å². The average molecular weight is 365 g/mol. The van der Waals surface area contributed by atoms with Gasteiger partial charge in [-0.25, -0.2) is 0 Å². The van der Waals surface area contributed by atoms with Crippen molar-refractivity contribution in [3.05, 3.63) is 71.4 Å². The number of amides is 2. The average Bonchev–Trinajstić information content (AvgIpc) is 2.69. The second-order valence-corrected chi connectivity index (χ2v) is 6.34. The maximum atomic E-state index is 12.9. The summed E-state index contributed by atoms with van der Waals surface area (Å²) >= 11 is 0. The predicted molar refractivity (Wildman–Crippen MR) is 111 cm³/mol. The Balaban J connectivity index is 2.33. The first kappa shape index (κ1) is 20.2. The van der Waals surface area contributed by atoms with Gasteiger partial charge in [-0.1, -0.05) is 30.3 Å². The van der Waals surface area contributed by atoms with E-state index >= 15 is 0 Å². The van der Waals surface area contributed by atoms with Crippen LogP contribution in [0.4, 0.5) is 5.69 Å². The van der Waals surface area contributed by atoms with Gasteiger partial charge in [0.05, 0.1) is 0 Å². The van der Waals surface area contributed by atoms with Gasteiger partial charge in [0.15, 0.2) is 0 Å². The first-order valence-electron chi connectivity index (χ1n) is 9.11. The standard InChI is InChI=1S/C22H27N3O2/c1-5-25(6-2)22(27)20(23-21(26)18-10-8-7-9-11-18)16-17-12-14-19(15-13-17)24(3)4/h7-16H,5-6H2,1-4H3,(H,23,26). The molecule has 0 aliphatic heterocycles. The summed E-state index contributed by atoms with van der Waals surface area (Å²) in [5, 5.41) is 2.79. The lowest BCUT2D eigenvalue weighted by Crippen LogP contribution is -2.38. The molecular formula is C22H27N3O2. The molecule has 0 fully saturated rings. The van der Waals surface area contributed by atoms with E-state index in [0.717, 1.165) is 11.3 Å². The third-order valence-electron chi connectivity index (χ3n) is 4.29. The number of hydrogen-bond acceptors (Lipinski definition) is 3. The molecule has 2 aromatic rings. The van der Waals surface area contributed by atoms with Gasteiger partial charge in [-0.15, -0.1) is 0 Å². The van der Waals surface area contributed by atoms with Crippen LogP contribution in [-0.2, 0) is 4.79 Å². The molecule has 2 amide bonds. The summed E-state index contributed by atoms with van der Waals surface area (Å²) in [4.78, 5) is 29.1. The Morgan fingerprint density at radius 1 is 0.926 bits per heavy atom. The fraction of sp³-hybridized carbons (Fsp3) is 0.273. The number of carbonyl (C=O) groups excluding carboxylic acids is 2. The highest BCUT2D eigenvalue weighted by molar-refractivity contribution is 6.05. The van der Waals surface area contributed by atoms with E-state index in [4.69, 9.17) is 0 Å². The zero-order valence-electron chi connectivity index (χ0n) is 16.4. The molecule has 27 heavy (non-hydrogen) atoms. The third kappa shape index (κ3) is 5.45. The molecule has 2 aromatic carbocycles. The summed E-state index contributed by atoms with van der Waals surface area (Å²) in [6.45, 7) is 4.99. The molecule has 0 unspecified atom stereocenters. The maximum absolute atomic E-state index is 12.9. The molecule has 0 bridgehead atoms. The van der Waals surface area contributed by atoms with E-state index in [9.17, 15) is 9.59 Å². The molecule has 0 aliphatic carbocycles. The molecule has 0 radical (unpaired) electrons. The van der Waals surface area contributed by atoms with Crippen molar-refractivity contribution in [2.75, 3.05) is 32.1 Å². The van der Waals surface area contributed by atoms with Crippen LogP contribution in [0.15, 0.2) is 60.3 Å². The SMILES string of the molecule is CCN(CC)C(=O)C(=Cc1ccc(N(C)C)cc1)NC(=O)c1ccccc1. The van der Waals surface area contributed by atoms with E-state index in [-0.39, 0.29) is 17.5 Å². The fourth-order valence-electron chi connectivity index (χ4n) is 2.65.